The summed E-state index contributed by atoms with van der Waals surface area (Å²) in [5.74, 6) is 1.02. The van der Waals surface area contributed by atoms with Gasteiger partial charge < -0.3 is 10.1 Å². The minimum absolute atomic E-state index is 0.783. The first-order chi connectivity index (χ1) is 7.42. The quantitative estimate of drug-likeness (QED) is 0.762. The van der Waals surface area contributed by atoms with Gasteiger partial charge >= 0.3 is 0 Å². The molecule has 0 aromatic heterocycles. The molecule has 0 atom stereocenters. The van der Waals surface area contributed by atoms with E-state index in [2.05, 4.69) is 24.4 Å². The van der Waals surface area contributed by atoms with Crippen LogP contribution in [0, 0.1) is 0 Å². The predicted molar refractivity (Wildman–Crippen MR) is 63.7 cm³/mol. The zero-order valence-electron chi connectivity index (χ0n) is 9.38. The highest BCUT2D eigenvalue weighted by atomic mass is 16.5. The molecule has 82 valence electrons. The number of nitrogens with one attached hydrogen (secondary N) is 1. The summed E-state index contributed by atoms with van der Waals surface area (Å²) in [6, 6.07) is 6.34. The van der Waals surface area contributed by atoms with Crippen LogP contribution < -0.4 is 10.1 Å². The third-order valence-electron chi connectivity index (χ3n) is 2.82. The molecule has 2 nitrogen and oxygen atoms in total. The lowest BCUT2D eigenvalue weighted by Gasteiger charge is -2.21. The molecular formula is C13H19NO. The molecule has 0 fully saturated rings. The molecule has 1 aromatic carbocycles. The average Bonchev–Trinajstić information content (AvgIpc) is 2.30. The van der Waals surface area contributed by atoms with Gasteiger partial charge in [0.15, 0.2) is 0 Å². The fraction of sp³-hybridized carbons (Fsp3) is 0.538. The summed E-state index contributed by atoms with van der Waals surface area (Å²) in [4.78, 5) is 0. The first-order valence-corrected chi connectivity index (χ1v) is 5.90. The van der Waals surface area contributed by atoms with Crippen molar-refractivity contribution in [2.24, 2.45) is 0 Å². The number of para-hydroxylation sites is 1. The number of aryl methyl sites for hydroxylation is 1. The zero-order chi connectivity index (χ0) is 10.5. The van der Waals surface area contributed by atoms with Gasteiger partial charge in [0.25, 0.3) is 0 Å². The topological polar surface area (TPSA) is 21.3 Å². The summed E-state index contributed by atoms with van der Waals surface area (Å²) in [7, 11) is 0. The van der Waals surface area contributed by atoms with Crippen molar-refractivity contribution in [2.75, 3.05) is 18.5 Å². The summed E-state index contributed by atoms with van der Waals surface area (Å²) in [5, 5.41) is 3.43. The van der Waals surface area contributed by atoms with E-state index in [1.807, 2.05) is 6.07 Å². The molecule has 0 saturated heterocycles. The summed E-state index contributed by atoms with van der Waals surface area (Å²) in [6.45, 7) is 3.95. The molecule has 0 saturated carbocycles. The Morgan fingerprint density at radius 1 is 1.33 bits per heavy atom. The Hall–Kier alpha value is -1.18. The van der Waals surface area contributed by atoms with Crippen molar-refractivity contribution in [3.05, 3.63) is 23.8 Å². The maximum atomic E-state index is 5.61. The monoisotopic (exact) mass is 205 g/mol. The summed E-state index contributed by atoms with van der Waals surface area (Å²) in [6.07, 6.45) is 5.02. The molecule has 0 radical (unpaired) electrons. The molecule has 1 aliphatic rings. The molecule has 1 aromatic rings. The Bertz CT molecular complexity index is 322. The molecule has 0 bridgehead atoms. The smallest absolute Gasteiger partial charge is 0.142 e. The third-order valence-corrected chi connectivity index (χ3v) is 2.82. The van der Waals surface area contributed by atoms with Gasteiger partial charge in [-0.2, -0.15) is 0 Å². The molecule has 0 aliphatic carbocycles. The Morgan fingerprint density at radius 3 is 3.13 bits per heavy atom. The Labute approximate surface area is 91.6 Å². The predicted octanol–water partition coefficient (Wildman–Crippen LogP) is 3.22. The van der Waals surface area contributed by atoms with Crippen molar-refractivity contribution >= 4 is 5.69 Å². The van der Waals surface area contributed by atoms with E-state index in [9.17, 15) is 0 Å². The molecular weight excluding hydrogens is 186 g/mol. The largest absolute Gasteiger partial charge is 0.490 e. The lowest BCUT2D eigenvalue weighted by molar-refractivity contribution is 0.323. The molecule has 0 spiro atoms. The number of unbranched alkanes of at least 4 members (excludes halogenated alkanes) is 2. The Balaban J connectivity index is 2.09. The van der Waals surface area contributed by atoms with Crippen LogP contribution in [0.15, 0.2) is 18.2 Å². The van der Waals surface area contributed by atoms with Crippen LogP contribution in [0.4, 0.5) is 5.69 Å². The first-order valence-electron chi connectivity index (χ1n) is 5.90. The fourth-order valence-electron chi connectivity index (χ4n) is 2.01. The van der Waals surface area contributed by atoms with Crippen molar-refractivity contribution in [2.45, 2.75) is 32.6 Å². The summed E-state index contributed by atoms with van der Waals surface area (Å²) in [5.41, 5.74) is 2.63. The minimum atomic E-state index is 0.783. The van der Waals surface area contributed by atoms with Gasteiger partial charge in [-0.15, -0.1) is 0 Å². The van der Waals surface area contributed by atoms with E-state index >= 15 is 0 Å². The number of hydrogen-bond donors (Lipinski definition) is 1. The molecule has 1 aliphatic heterocycles. The van der Waals surface area contributed by atoms with Crippen LogP contribution in [0.1, 0.15) is 31.7 Å². The normalized spacial score (nSPS) is 13.9. The molecule has 1 heterocycles. The minimum Gasteiger partial charge on any atom is -0.490 e. The van der Waals surface area contributed by atoms with Crippen molar-refractivity contribution in [1.29, 1.82) is 0 Å². The highest BCUT2D eigenvalue weighted by molar-refractivity contribution is 5.63. The van der Waals surface area contributed by atoms with Crippen LogP contribution in [0.2, 0.25) is 0 Å². The van der Waals surface area contributed by atoms with E-state index < -0.39 is 0 Å². The second-order valence-electron chi connectivity index (χ2n) is 4.02. The van der Waals surface area contributed by atoms with Crippen LogP contribution in [-0.2, 0) is 6.42 Å². The number of anilines is 1. The van der Waals surface area contributed by atoms with Crippen molar-refractivity contribution in [3.63, 3.8) is 0 Å². The first kappa shape index (κ1) is 10.3. The Morgan fingerprint density at radius 2 is 2.27 bits per heavy atom. The van der Waals surface area contributed by atoms with Gasteiger partial charge in [0.05, 0.1) is 5.69 Å². The standard InChI is InChI=1S/C13H19NO/c1-2-3-4-6-11-7-5-8-12-13(11)14-9-10-15-12/h5,7-8,14H,2-4,6,9-10H2,1H3. The van der Waals surface area contributed by atoms with Gasteiger partial charge in [-0.3, -0.25) is 0 Å². The van der Waals surface area contributed by atoms with Crippen LogP contribution in [0.5, 0.6) is 5.75 Å². The Kier molecular flexibility index (Phi) is 3.49. The average molecular weight is 205 g/mol. The van der Waals surface area contributed by atoms with Crippen molar-refractivity contribution < 1.29 is 4.74 Å². The van der Waals surface area contributed by atoms with E-state index in [0.717, 1.165) is 25.3 Å². The number of hydrogen-bond acceptors (Lipinski definition) is 2. The van der Waals surface area contributed by atoms with Gasteiger partial charge in [-0.25, -0.2) is 0 Å². The summed E-state index contributed by atoms with van der Waals surface area (Å²) >= 11 is 0. The second kappa shape index (κ2) is 5.06. The fourth-order valence-corrected chi connectivity index (χ4v) is 2.01. The molecule has 2 rings (SSSR count). The van der Waals surface area contributed by atoms with Crippen LogP contribution in [0.3, 0.4) is 0 Å². The lowest BCUT2D eigenvalue weighted by Crippen LogP contribution is -2.19. The van der Waals surface area contributed by atoms with E-state index in [4.69, 9.17) is 4.74 Å². The van der Waals surface area contributed by atoms with Gasteiger partial charge in [0.2, 0.25) is 0 Å². The lowest BCUT2D eigenvalue weighted by atomic mass is 10.0. The van der Waals surface area contributed by atoms with Crippen LogP contribution in [0.25, 0.3) is 0 Å². The third kappa shape index (κ3) is 2.44. The van der Waals surface area contributed by atoms with Crippen molar-refractivity contribution in [1.82, 2.24) is 0 Å². The molecule has 0 unspecified atom stereocenters. The highest BCUT2D eigenvalue weighted by Gasteiger charge is 2.12. The maximum Gasteiger partial charge on any atom is 0.142 e. The van der Waals surface area contributed by atoms with E-state index in [0.29, 0.717) is 0 Å². The van der Waals surface area contributed by atoms with E-state index in [1.54, 1.807) is 0 Å². The van der Waals surface area contributed by atoms with Gasteiger partial charge in [0, 0.05) is 6.54 Å². The number of ether oxygens (including phenoxy) is 1. The SMILES string of the molecule is CCCCCc1cccc2c1NCCO2. The second-order valence-corrected chi connectivity index (χ2v) is 4.02. The molecule has 2 heteroatoms. The number of benzene rings is 1. The highest BCUT2D eigenvalue weighted by Crippen LogP contribution is 2.31. The van der Waals surface area contributed by atoms with Gasteiger partial charge in [-0.1, -0.05) is 31.9 Å². The summed E-state index contributed by atoms with van der Waals surface area (Å²) < 4.78 is 5.61. The van der Waals surface area contributed by atoms with E-state index in [-0.39, 0.29) is 0 Å². The molecule has 1 N–H and O–H groups in total. The van der Waals surface area contributed by atoms with Crippen LogP contribution >= 0.6 is 0 Å². The van der Waals surface area contributed by atoms with Gasteiger partial charge in [-0.05, 0) is 24.5 Å². The molecule has 15 heavy (non-hydrogen) atoms. The maximum absolute atomic E-state index is 5.61. The van der Waals surface area contributed by atoms with Crippen molar-refractivity contribution in [3.8, 4) is 5.75 Å². The van der Waals surface area contributed by atoms with Gasteiger partial charge in [0.1, 0.15) is 12.4 Å². The number of rotatable bonds is 4. The van der Waals surface area contributed by atoms with Crippen LogP contribution in [-0.4, -0.2) is 13.2 Å². The van der Waals surface area contributed by atoms with E-state index in [1.165, 1.54) is 30.5 Å². The number of fused-ring (bicyclic) bond motifs is 1. The molecule has 0 amide bonds. The zero-order valence-corrected chi connectivity index (χ0v) is 9.38.